The number of carbonyl (C=O) groups excluding carboxylic acids is 1. The largest absolute Gasteiger partial charge is 0.510 e. The number of hydrogen-bond acceptors (Lipinski definition) is 5. The van der Waals surface area contributed by atoms with Gasteiger partial charge in [-0.1, -0.05) is 44.9 Å². The first-order chi connectivity index (χ1) is 11.7. The van der Waals surface area contributed by atoms with Gasteiger partial charge in [0.2, 0.25) is 5.79 Å². The molecule has 0 aromatic rings. The number of ether oxygens (including phenoxy) is 4. The molecular weight excluding hydrogens is 308 g/mol. The maximum absolute atomic E-state index is 11.3. The van der Waals surface area contributed by atoms with Gasteiger partial charge in [0.1, 0.15) is 6.61 Å². The minimum absolute atomic E-state index is 0.329. The van der Waals surface area contributed by atoms with Gasteiger partial charge in [0.05, 0.1) is 12.7 Å². The van der Waals surface area contributed by atoms with Crippen LogP contribution in [0.15, 0.2) is 0 Å². The summed E-state index contributed by atoms with van der Waals surface area (Å²) < 4.78 is 21.3. The van der Waals surface area contributed by atoms with Gasteiger partial charge in [0.15, 0.2) is 0 Å². The van der Waals surface area contributed by atoms with E-state index >= 15 is 0 Å². The highest BCUT2D eigenvalue weighted by Crippen LogP contribution is 2.34. The second-order valence-corrected chi connectivity index (χ2v) is 6.99. The Hall–Kier alpha value is -0.810. The molecule has 1 saturated carbocycles. The molecule has 0 radical (unpaired) electrons. The Bertz CT molecular complexity index is 346. The van der Waals surface area contributed by atoms with E-state index in [2.05, 4.69) is 0 Å². The van der Waals surface area contributed by atoms with Crippen LogP contribution in [0.5, 0.6) is 0 Å². The number of rotatable bonds is 10. The molecule has 1 saturated heterocycles. The standard InChI is InChI=1S/C19H34O5/c1-2-21-18(20)24-19(16-23-19)14-10-6-7-11-15-22-17-12-8-4-3-5-9-13-17/h17H,2-16H2,1H3. The predicted octanol–water partition coefficient (Wildman–Crippen LogP) is 4.97. The van der Waals surface area contributed by atoms with Crippen molar-refractivity contribution in [3.8, 4) is 0 Å². The predicted molar refractivity (Wildman–Crippen MR) is 91.9 cm³/mol. The Morgan fingerprint density at radius 2 is 1.71 bits per heavy atom. The SMILES string of the molecule is CCOC(=O)OC1(CCCCCCOC2CCCCCCC2)CO1. The summed E-state index contributed by atoms with van der Waals surface area (Å²) >= 11 is 0. The van der Waals surface area contributed by atoms with Gasteiger partial charge < -0.3 is 18.9 Å². The number of hydrogen-bond donors (Lipinski definition) is 0. The van der Waals surface area contributed by atoms with Crippen LogP contribution in [0.1, 0.15) is 84.0 Å². The first kappa shape index (κ1) is 19.5. The summed E-state index contributed by atoms with van der Waals surface area (Å²) in [7, 11) is 0. The summed E-state index contributed by atoms with van der Waals surface area (Å²) in [6.45, 7) is 3.47. The monoisotopic (exact) mass is 342 g/mol. The van der Waals surface area contributed by atoms with Crippen LogP contribution in [0.25, 0.3) is 0 Å². The molecular formula is C19H34O5. The summed E-state index contributed by atoms with van der Waals surface area (Å²) in [4.78, 5) is 11.3. The minimum atomic E-state index is -0.693. The molecule has 1 heterocycles. The summed E-state index contributed by atoms with van der Waals surface area (Å²) in [5, 5.41) is 0. The molecule has 1 unspecified atom stereocenters. The van der Waals surface area contributed by atoms with Gasteiger partial charge in [-0.3, -0.25) is 0 Å². The quantitative estimate of drug-likeness (QED) is 0.319. The molecule has 2 fully saturated rings. The third kappa shape index (κ3) is 7.84. The second-order valence-electron chi connectivity index (χ2n) is 6.99. The van der Waals surface area contributed by atoms with Crippen LogP contribution in [0, 0.1) is 0 Å². The lowest BCUT2D eigenvalue weighted by Crippen LogP contribution is -2.22. The van der Waals surface area contributed by atoms with Crippen molar-refractivity contribution in [3.63, 3.8) is 0 Å². The molecule has 0 aromatic carbocycles. The van der Waals surface area contributed by atoms with Gasteiger partial charge in [-0.25, -0.2) is 4.79 Å². The van der Waals surface area contributed by atoms with E-state index in [9.17, 15) is 4.79 Å². The van der Waals surface area contributed by atoms with Crippen molar-refractivity contribution in [1.29, 1.82) is 0 Å². The van der Waals surface area contributed by atoms with Crippen LogP contribution in [-0.2, 0) is 18.9 Å². The molecule has 2 rings (SSSR count). The third-order valence-electron chi connectivity index (χ3n) is 4.86. The van der Waals surface area contributed by atoms with Crippen molar-refractivity contribution in [1.82, 2.24) is 0 Å². The number of unbranched alkanes of at least 4 members (excludes halogenated alkanes) is 3. The van der Waals surface area contributed by atoms with E-state index in [4.69, 9.17) is 18.9 Å². The van der Waals surface area contributed by atoms with Crippen LogP contribution in [0.2, 0.25) is 0 Å². The lowest BCUT2D eigenvalue weighted by atomic mass is 9.98. The normalized spacial score (nSPS) is 24.9. The zero-order chi connectivity index (χ0) is 17.1. The van der Waals surface area contributed by atoms with E-state index in [1.165, 1.54) is 44.9 Å². The summed E-state index contributed by atoms with van der Waals surface area (Å²) in [6.07, 6.45) is 14.3. The van der Waals surface area contributed by atoms with Crippen molar-refractivity contribution < 1.29 is 23.7 Å². The van der Waals surface area contributed by atoms with Gasteiger partial charge >= 0.3 is 6.16 Å². The van der Waals surface area contributed by atoms with Crippen LogP contribution < -0.4 is 0 Å². The zero-order valence-corrected chi connectivity index (χ0v) is 15.2. The molecule has 140 valence electrons. The van der Waals surface area contributed by atoms with Gasteiger partial charge in [-0.05, 0) is 32.6 Å². The van der Waals surface area contributed by atoms with Crippen LogP contribution in [0.3, 0.4) is 0 Å². The topological polar surface area (TPSA) is 57.3 Å². The smallest absolute Gasteiger partial charge is 0.435 e. The van der Waals surface area contributed by atoms with Crippen LogP contribution in [-0.4, -0.2) is 37.9 Å². The lowest BCUT2D eigenvalue weighted by molar-refractivity contribution is -0.0381. The molecule has 0 spiro atoms. The van der Waals surface area contributed by atoms with E-state index in [1.807, 2.05) is 0 Å². The molecule has 0 N–H and O–H groups in total. The molecule has 0 amide bonds. The highest BCUT2D eigenvalue weighted by atomic mass is 16.8. The molecule has 0 aromatic heterocycles. The van der Waals surface area contributed by atoms with Gasteiger partial charge in [0.25, 0.3) is 0 Å². The van der Waals surface area contributed by atoms with E-state index in [1.54, 1.807) is 6.92 Å². The van der Waals surface area contributed by atoms with Crippen LogP contribution >= 0.6 is 0 Å². The molecule has 5 nitrogen and oxygen atoms in total. The van der Waals surface area contributed by atoms with E-state index in [0.717, 1.165) is 38.7 Å². The molecule has 5 heteroatoms. The van der Waals surface area contributed by atoms with Crippen molar-refractivity contribution in [2.45, 2.75) is 95.9 Å². The van der Waals surface area contributed by atoms with Crippen molar-refractivity contribution in [3.05, 3.63) is 0 Å². The fraction of sp³-hybridized carbons (Fsp3) is 0.947. The van der Waals surface area contributed by atoms with Crippen LogP contribution in [0.4, 0.5) is 4.79 Å². The maximum atomic E-state index is 11.3. The van der Waals surface area contributed by atoms with Gasteiger partial charge in [-0.2, -0.15) is 0 Å². The summed E-state index contributed by atoms with van der Waals surface area (Å²) in [5.74, 6) is -0.693. The highest BCUT2D eigenvalue weighted by molar-refractivity contribution is 5.60. The Morgan fingerprint density at radius 3 is 2.38 bits per heavy atom. The van der Waals surface area contributed by atoms with Gasteiger partial charge in [-0.15, -0.1) is 0 Å². The molecule has 1 atom stereocenters. The maximum Gasteiger partial charge on any atom is 0.510 e. The number of carbonyl (C=O) groups is 1. The fourth-order valence-electron chi connectivity index (χ4n) is 3.32. The molecule has 1 aliphatic carbocycles. The fourth-order valence-corrected chi connectivity index (χ4v) is 3.32. The first-order valence-corrected chi connectivity index (χ1v) is 9.85. The van der Waals surface area contributed by atoms with E-state index in [0.29, 0.717) is 19.3 Å². The van der Waals surface area contributed by atoms with Crippen molar-refractivity contribution in [2.75, 3.05) is 19.8 Å². The minimum Gasteiger partial charge on any atom is -0.435 e. The average molecular weight is 342 g/mol. The molecule has 2 aliphatic rings. The summed E-state index contributed by atoms with van der Waals surface area (Å²) in [6, 6.07) is 0. The Kier molecular flexibility index (Phi) is 8.89. The Labute approximate surface area is 146 Å². The molecule has 0 bridgehead atoms. The van der Waals surface area contributed by atoms with E-state index < -0.39 is 11.9 Å². The third-order valence-corrected chi connectivity index (χ3v) is 4.86. The first-order valence-electron chi connectivity index (χ1n) is 9.85. The highest BCUT2D eigenvalue weighted by Gasteiger charge is 2.49. The van der Waals surface area contributed by atoms with Crippen molar-refractivity contribution >= 4 is 6.16 Å². The number of epoxide rings is 1. The molecule has 1 aliphatic heterocycles. The lowest BCUT2D eigenvalue weighted by Gasteiger charge is -2.20. The molecule has 24 heavy (non-hydrogen) atoms. The second kappa shape index (κ2) is 10.9. The van der Waals surface area contributed by atoms with E-state index in [-0.39, 0.29) is 0 Å². The summed E-state index contributed by atoms with van der Waals surface area (Å²) in [5.41, 5.74) is 0. The van der Waals surface area contributed by atoms with Gasteiger partial charge in [0, 0.05) is 13.0 Å². The average Bonchev–Trinajstić information content (AvgIpc) is 3.27. The zero-order valence-electron chi connectivity index (χ0n) is 15.2. The Morgan fingerprint density at radius 1 is 1.04 bits per heavy atom. The van der Waals surface area contributed by atoms with Crippen molar-refractivity contribution in [2.24, 2.45) is 0 Å². The Balaban J connectivity index is 1.44.